The first-order valence-corrected chi connectivity index (χ1v) is 8.11. The van der Waals surface area contributed by atoms with E-state index in [0.717, 1.165) is 28.5 Å². The van der Waals surface area contributed by atoms with Gasteiger partial charge in [0.05, 0.1) is 24.5 Å². The number of pyridine rings is 2. The molecule has 7 nitrogen and oxygen atoms in total. The van der Waals surface area contributed by atoms with Crippen molar-refractivity contribution in [2.45, 2.75) is 20.0 Å². The molecule has 3 aromatic heterocycles. The van der Waals surface area contributed by atoms with Crippen LogP contribution in [0.5, 0.6) is 0 Å². The van der Waals surface area contributed by atoms with Crippen molar-refractivity contribution in [3.63, 3.8) is 0 Å². The number of aryl methyl sites for hydroxylation is 1. The highest BCUT2D eigenvalue weighted by Gasteiger charge is 2.06. The van der Waals surface area contributed by atoms with Crippen LogP contribution in [0.15, 0.2) is 42.6 Å². The second-order valence-corrected chi connectivity index (χ2v) is 6.05. The molecule has 2 amide bonds. The third-order valence-electron chi connectivity index (χ3n) is 3.86. The Hall–Kier alpha value is -3.09. The van der Waals surface area contributed by atoms with Gasteiger partial charge in [-0.15, -0.1) is 0 Å². The Morgan fingerprint density at radius 2 is 1.76 bits per heavy atom. The van der Waals surface area contributed by atoms with Crippen LogP contribution >= 0.6 is 0 Å². The normalized spacial score (nSPS) is 10.7. The molecule has 0 fully saturated rings. The third-order valence-corrected chi connectivity index (χ3v) is 3.86. The summed E-state index contributed by atoms with van der Waals surface area (Å²) in [6.07, 6.45) is 1.94. The first kappa shape index (κ1) is 16.8. The number of aromatic nitrogens is 3. The second kappa shape index (κ2) is 7.21. The summed E-state index contributed by atoms with van der Waals surface area (Å²) < 4.78 is 2.01. The minimum atomic E-state index is -0.245. The molecular formula is C18H22N6O. The quantitative estimate of drug-likeness (QED) is 0.747. The molecule has 0 radical (unpaired) electrons. The predicted molar refractivity (Wildman–Crippen MR) is 97.6 cm³/mol. The molecule has 0 saturated carbocycles. The molecule has 0 spiro atoms. The summed E-state index contributed by atoms with van der Waals surface area (Å²) in [4.78, 5) is 22.9. The monoisotopic (exact) mass is 338 g/mol. The molecule has 7 heteroatoms. The summed E-state index contributed by atoms with van der Waals surface area (Å²) in [5.74, 6) is 0.861. The number of carbonyl (C=O) groups excluding carboxylic acids is 1. The lowest BCUT2D eigenvalue weighted by Gasteiger charge is -2.12. The average molecular weight is 338 g/mol. The average Bonchev–Trinajstić information content (AvgIpc) is 3.03. The number of hydrogen-bond acceptors (Lipinski definition) is 4. The Morgan fingerprint density at radius 3 is 2.48 bits per heavy atom. The Balaban J connectivity index is 1.54. The SMILES string of the molecule is Cc1cccc2nc(CNC(=O)NCc3cccc(N(C)C)n3)cn12. The fourth-order valence-electron chi connectivity index (χ4n) is 2.50. The zero-order valence-corrected chi connectivity index (χ0v) is 14.7. The van der Waals surface area contributed by atoms with Crippen LogP contribution < -0.4 is 15.5 Å². The van der Waals surface area contributed by atoms with Crippen LogP contribution in [0.1, 0.15) is 17.1 Å². The Morgan fingerprint density at radius 1 is 1.04 bits per heavy atom. The number of amides is 2. The van der Waals surface area contributed by atoms with E-state index in [0.29, 0.717) is 13.1 Å². The highest BCUT2D eigenvalue weighted by atomic mass is 16.2. The number of urea groups is 1. The van der Waals surface area contributed by atoms with E-state index in [1.807, 2.05) is 72.9 Å². The smallest absolute Gasteiger partial charge is 0.315 e. The van der Waals surface area contributed by atoms with Gasteiger partial charge in [-0.3, -0.25) is 0 Å². The summed E-state index contributed by atoms with van der Waals surface area (Å²) in [6, 6.07) is 11.4. The van der Waals surface area contributed by atoms with Crippen molar-refractivity contribution in [1.29, 1.82) is 0 Å². The third kappa shape index (κ3) is 4.06. The summed E-state index contributed by atoms with van der Waals surface area (Å²) in [6.45, 7) is 2.77. The number of hydrogen-bond donors (Lipinski definition) is 2. The van der Waals surface area contributed by atoms with Crippen LogP contribution in [0.2, 0.25) is 0 Å². The molecular weight excluding hydrogens is 316 g/mol. The van der Waals surface area contributed by atoms with Crippen LogP contribution in [0.4, 0.5) is 10.6 Å². The Kier molecular flexibility index (Phi) is 4.83. The van der Waals surface area contributed by atoms with Crippen molar-refractivity contribution in [3.8, 4) is 0 Å². The van der Waals surface area contributed by atoms with Crippen molar-refractivity contribution in [1.82, 2.24) is 25.0 Å². The summed E-state index contributed by atoms with van der Waals surface area (Å²) in [5.41, 5.74) is 3.61. The van der Waals surface area contributed by atoms with Crippen molar-refractivity contribution in [3.05, 3.63) is 59.7 Å². The zero-order valence-electron chi connectivity index (χ0n) is 14.7. The van der Waals surface area contributed by atoms with Gasteiger partial charge >= 0.3 is 6.03 Å². The number of fused-ring (bicyclic) bond motifs is 1. The molecule has 0 unspecified atom stereocenters. The van der Waals surface area contributed by atoms with Crippen LogP contribution in [-0.4, -0.2) is 34.5 Å². The number of imidazole rings is 1. The van der Waals surface area contributed by atoms with E-state index in [1.165, 1.54) is 0 Å². The van der Waals surface area contributed by atoms with E-state index >= 15 is 0 Å². The Labute approximate surface area is 146 Å². The molecule has 3 aromatic rings. The summed E-state index contributed by atoms with van der Waals surface area (Å²) in [7, 11) is 3.87. The Bertz CT molecular complexity index is 886. The van der Waals surface area contributed by atoms with Crippen LogP contribution in [0.25, 0.3) is 5.65 Å². The van der Waals surface area contributed by atoms with Crippen molar-refractivity contribution in [2.75, 3.05) is 19.0 Å². The topological polar surface area (TPSA) is 74.6 Å². The molecule has 0 aromatic carbocycles. The molecule has 2 N–H and O–H groups in total. The molecule has 3 heterocycles. The molecule has 0 bridgehead atoms. The highest BCUT2D eigenvalue weighted by molar-refractivity contribution is 5.73. The zero-order chi connectivity index (χ0) is 17.8. The van der Waals surface area contributed by atoms with E-state index in [2.05, 4.69) is 20.6 Å². The summed E-state index contributed by atoms with van der Waals surface area (Å²) in [5, 5.41) is 5.64. The van der Waals surface area contributed by atoms with Crippen LogP contribution in [-0.2, 0) is 13.1 Å². The largest absolute Gasteiger partial charge is 0.363 e. The van der Waals surface area contributed by atoms with E-state index in [4.69, 9.17) is 0 Å². The lowest BCUT2D eigenvalue weighted by Crippen LogP contribution is -2.34. The van der Waals surface area contributed by atoms with Gasteiger partial charge in [-0.1, -0.05) is 12.1 Å². The maximum absolute atomic E-state index is 12.0. The maximum atomic E-state index is 12.0. The molecule has 0 aliphatic carbocycles. The standard InChI is InChI=1S/C18H22N6O/c1-13-6-4-9-17-22-15(12-24(13)17)11-20-18(25)19-10-14-7-5-8-16(21-14)23(2)3/h4-9,12H,10-11H2,1-3H3,(H2,19,20,25). The summed E-state index contributed by atoms with van der Waals surface area (Å²) >= 11 is 0. The van der Waals surface area contributed by atoms with Gasteiger partial charge in [-0.25, -0.2) is 14.8 Å². The van der Waals surface area contributed by atoms with Gasteiger partial charge in [0.15, 0.2) is 0 Å². The molecule has 0 saturated heterocycles. The number of anilines is 1. The fraction of sp³-hybridized carbons (Fsp3) is 0.278. The molecule has 0 atom stereocenters. The first-order valence-electron chi connectivity index (χ1n) is 8.11. The molecule has 3 rings (SSSR count). The lowest BCUT2D eigenvalue weighted by atomic mass is 10.3. The van der Waals surface area contributed by atoms with E-state index in [9.17, 15) is 4.79 Å². The van der Waals surface area contributed by atoms with Crippen LogP contribution in [0, 0.1) is 6.92 Å². The fourth-order valence-corrected chi connectivity index (χ4v) is 2.50. The van der Waals surface area contributed by atoms with E-state index in [1.54, 1.807) is 0 Å². The van der Waals surface area contributed by atoms with Gasteiger partial charge in [-0.2, -0.15) is 0 Å². The lowest BCUT2D eigenvalue weighted by molar-refractivity contribution is 0.240. The number of nitrogens with zero attached hydrogens (tertiary/aromatic N) is 4. The molecule has 25 heavy (non-hydrogen) atoms. The van der Waals surface area contributed by atoms with Gasteiger partial charge in [0, 0.05) is 26.0 Å². The van der Waals surface area contributed by atoms with Gasteiger partial charge < -0.3 is 19.9 Å². The van der Waals surface area contributed by atoms with E-state index < -0.39 is 0 Å². The highest BCUT2D eigenvalue weighted by Crippen LogP contribution is 2.09. The minimum absolute atomic E-state index is 0.245. The van der Waals surface area contributed by atoms with Gasteiger partial charge in [0.25, 0.3) is 0 Å². The number of rotatable bonds is 5. The maximum Gasteiger partial charge on any atom is 0.315 e. The minimum Gasteiger partial charge on any atom is -0.363 e. The second-order valence-electron chi connectivity index (χ2n) is 6.05. The predicted octanol–water partition coefficient (Wildman–Crippen LogP) is 2.10. The molecule has 0 aliphatic rings. The van der Waals surface area contributed by atoms with Gasteiger partial charge in [0.2, 0.25) is 0 Å². The first-order chi connectivity index (χ1) is 12.0. The number of carbonyl (C=O) groups is 1. The number of nitrogens with one attached hydrogen (secondary N) is 2. The van der Waals surface area contributed by atoms with E-state index in [-0.39, 0.29) is 6.03 Å². The molecule has 130 valence electrons. The molecule has 0 aliphatic heterocycles. The van der Waals surface area contributed by atoms with Gasteiger partial charge in [-0.05, 0) is 31.2 Å². The van der Waals surface area contributed by atoms with Crippen molar-refractivity contribution < 1.29 is 4.79 Å². The van der Waals surface area contributed by atoms with Crippen molar-refractivity contribution >= 4 is 17.5 Å². The van der Waals surface area contributed by atoms with Crippen molar-refractivity contribution in [2.24, 2.45) is 0 Å². The van der Waals surface area contributed by atoms with Crippen LogP contribution in [0.3, 0.4) is 0 Å². The van der Waals surface area contributed by atoms with Gasteiger partial charge in [0.1, 0.15) is 11.5 Å².